The first-order chi connectivity index (χ1) is 9.31. The molecule has 3 aromatic rings. The average Bonchev–Trinajstić information content (AvgIpc) is 3.04. The highest BCUT2D eigenvalue weighted by molar-refractivity contribution is 7.17. The lowest BCUT2D eigenvalue weighted by atomic mass is 9.97. The molecule has 19 heavy (non-hydrogen) atoms. The highest BCUT2D eigenvalue weighted by Crippen LogP contribution is 2.34. The molecule has 0 saturated carbocycles. The third kappa shape index (κ3) is 2.34. The number of thiophene rings is 2. The highest BCUT2D eigenvalue weighted by Gasteiger charge is 2.18. The van der Waals surface area contributed by atoms with Crippen molar-refractivity contribution in [2.75, 3.05) is 6.54 Å². The minimum atomic E-state index is 0.304. The molecule has 1 N–H and O–H groups in total. The molecule has 0 aliphatic rings. The molecule has 0 amide bonds. The van der Waals surface area contributed by atoms with E-state index < -0.39 is 0 Å². The van der Waals surface area contributed by atoms with Gasteiger partial charge in [0.25, 0.3) is 0 Å². The molecule has 1 aromatic carbocycles. The van der Waals surface area contributed by atoms with Crippen molar-refractivity contribution in [3.05, 3.63) is 57.1 Å². The van der Waals surface area contributed by atoms with Crippen LogP contribution in [0.2, 0.25) is 0 Å². The molecule has 0 fully saturated rings. The van der Waals surface area contributed by atoms with E-state index in [0.29, 0.717) is 6.04 Å². The lowest BCUT2D eigenvalue weighted by molar-refractivity contribution is 0.634. The number of nitrogens with one attached hydrogen (secondary N) is 1. The Bertz CT molecular complexity index is 681. The third-order valence-corrected chi connectivity index (χ3v) is 5.29. The summed E-state index contributed by atoms with van der Waals surface area (Å²) in [5.41, 5.74) is 4.19. The van der Waals surface area contributed by atoms with Crippen molar-refractivity contribution >= 4 is 32.8 Å². The first-order valence-corrected chi connectivity index (χ1v) is 8.35. The lowest BCUT2D eigenvalue weighted by Gasteiger charge is -2.19. The summed E-state index contributed by atoms with van der Waals surface area (Å²) in [6.07, 6.45) is 0. The Morgan fingerprint density at radius 2 is 2.05 bits per heavy atom. The van der Waals surface area contributed by atoms with Crippen LogP contribution >= 0.6 is 22.7 Å². The summed E-state index contributed by atoms with van der Waals surface area (Å²) in [7, 11) is 0. The van der Waals surface area contributed by atoms with E-state index in [1.165, 1.54) is 26.8 Å². The van der Waals surface area contributed by atoms with Crippen LogP contribution in [0, 0.1) is 6.92 Å². The van der Waals surface area contributed by atoms with Crippen molar-refractivity contribution in [3.8, 4) is 0 Å². The normalized spacial score (nSPS) is 12.9. The van der Waals surface area contributed by atoms with Gasteiger partial charge in [-0.1, -0.05) is 25.1 Å². The van der Waals surface area contributed by atoms with Gasteiger partial charge < -0.3 is 5.32 Å². The van der Waals surface area contributed by atoms with Crippen LogP contribution in [-0.4, -0.2) is 6.54 Å². The number of hydrogen-bond acceptors (Lipinski definition) is 3. The molecule has 1 atom stereocenters. The fourth-order valence-electron chi connectivity index (χ4n) is 2.50. The van der Waals surface area contributed by atoms with Crippen molar-refractivity contribution in [3.63, 3.8) is 0 Å². The molecule has 0 radical (unpaired) electrons. The monoisotopic (exact) mass is 287 g/mol. The van der Waals surface area contributed by atoms with E-state index >= 15 is 0 Å². The molecule has 1 nitrogen and oxygen atoms in total. The standard InChI is InChI=1S/C16H17NS2/c1-3-17-15(14-10-18-9-11(14)2)13-6-4-5-12-7-8-19-16(12)13/h4-10,15,17H,3H2,1-2H3. The fraction of sp³-hybridized carbons (Fsp3) is 0.250. The molecule has 0 bridgehead atoms. The first-order valence-electron chi connectivity index (χ1n) is 6.53. The van der Waals surface area contributed by atoms with Gasteiger partial charge >= 0.3 is 0 Å². The molecule has 3 rings (SSSR count). The minimum absolute atomic E-state index is 0.304. The number of hydrogen-bond donors (Lipinski definition) is 1. The molecule has 0 saturated heterocycles. The van der Waals surface area contributed by atoms with Gasteiger partial charge in [-0.3, -0.25) is 0 Å². The van der Waals surface area contributed by atoms with Gasteiger partial charge in [0.1, 0.15) is 0 Å². The van der Waals surface area contributed by atoms with Gasteiger partial charge in [-0.15, -0.1) is 11.3 Å². The summed E-state index contributed by atoms with van der Waals surface area (Å²) in [5, 5.41) is 11.7. The lowest BCUT2D eigenvalue weighted by Crippen LogP contribution is -2.22. The second kappa shape index (κ2) is 5.45. The summed E-state index contributed by atoms with van der Waals surface area (Å²) in [6, 6.07) is 9.12. The van der Waals surface area contributed by atoms with Gasteiger partial charge in [-0.2, -0.15) is 11.3 Å². The van der Waals surface area contributed by atoms with E-state index in [2.05, 4.69) is 59.6 Å². The van der Waals surface area contributed by atoms with E-state index in [4.69, 9.17) is 0 Å². The Morgan fingerprint density at radius 1 is 1.16 bits per heavy atom. The van der Waals surface area contributed by atoms with Gasteiger partial charge in [-0.25, -0.2) is 0 Å². The van der Waals surface area contributed by atoms with Crippen molar-refractivity contribution in [2.24, 2.45) is 0 Å². The van der Waals surface area contributed by atoms with E-state index in [9.17, 15) is 0 Å². The molecular weight excluding hydrogens is 270 g/mol. The predicted octanol–water partition coefficient (Wildman–Crippen LogP) is 4.97. The van der Waals surface area contributed by atoms with Crippen LogP contribution in [0.5, 0.6) is 0 Å². The Hall–Kier alpha value is -1.16. The van der Waals surface area contributed by atoms with Crippen LogP contribution in [0.1, 0.15) is 29.7 Å². The Morgan fingerprint density at radius 3 is 2.79 bits per heavy atom. The molecule has 98 valence electrons. The Balaban J connectivity index is 2.15. The van der Waals surface area contributed by atoms with Crippen LogP contribution in [0.3, 0.4) is 0 Å². The molecule has 0 spiro atoms. The maximum atomic E-state index is 3.64. The maximum absolute atomic E-state index is 3.64. The van der Waals surface area contributed by atoms with Gasteiger partial charge in [0.15, 0.2) is 0 Å². The van der Waals surface area contributed by atoms with Gasteiger partial charge in [0.2, 0.25) is 0 Å². The average molecular weight is 287 g/mol. The number of fused-ring (bicyclic) bond motifs is 1. The van der Waals surface area contributed by atoms with Crippen LogP contribution in [-0.2, 0) is 0 Å². The molecular formula is C16H17NS2. The topological polar surface area (TPSA) is 12.0 Å². The zero-order valence-electron chi connectivity index (χ0n) is 11.1. The zero-order valence-corrected chi connectivity index (χ0v) is 12.8. The quantitative estimate of drug-likeness (QED) is 0.714. The second-order valence-corrected chi connectivity index (χ2v) is 6.35. The van der Waals surface area contributed by atoms with Gasteiger partial charge in [0.05, 0.1) is 6.04 Å². The molecule has 2 aromatic heterocycles. The third-order valence-electron chi connectivity index (χ3n) is 3.43. The summed E-state index contributed by atoms with van der Waals surface area (Å²) >= 11 is 3.62. The van der Waals surface area contributed by atoms with Crippen molar-refractivity contribution in [2.45, 2.75) is 19.9 Å². The highest BCUT2D eigenvalue weighted by atomic mass is 32.1. The van der Waals surface area contributed by atoms with Gasteiger partial charge in [0, 0.05) is 4.70 Å². The maximum Gasteiger partial charge on any atom is 0.0601 e. The molecule has 0 aliphatic carbocycles. The summed E-state index contributed by atoms with van der Waals surface area (Å²) in [6.45, 7) is 5.34. The first kappa shape index (κ1) is 12.9. The fourth-order valence-corrected chi connectivity index (χ4v) is 4.32. The SMILES string of the molecule is CCNC(c1cscc1C)c1cccc2ccsc12. The van der Waals surface area contributed by atoms with E-state index in [-0.39, 0.29) is 0 Å². The van der Waals surface area contributed by atoms with Crippen molar-refractivity contribution < 1.29 is 0 Å². The number of rotatable bonds is 4. The Kier molecular flexibility index (Phi) is 3.69. The van der Waals surface area contributed by atoms with Crippen LogP contribution in [0.4, 0.5) is 0 Å². The number of benzene rings is 1. The summed E-state index contributed by atoms with van der Waals surface area (Å²) < 4.78 is 1.40. The zero-order chi connectivity index (χ0) is 13.2. The van der Waals surface area contributed by atoms with E-state index in [1.807, 2.05) is 11.3 Å². The minimum Gasteiger partial charge on any atom is -0.306 e. The van der Waals surface area contributed by atoms with Crippen LogP contribution in [0.25, 0.3) is 10.1 Å². The van der Waals surface area contributed by atoms with Crippen molar-refractivity contribution in [1.29, 1.82) is 0 Å². The number of aryl methyl sites for hydroxylation is 1. The molecule has 2 heterocycles. The van der Waals surface area contributed by atoms with Crippen molar-refractivity contribution in [1.82, 2.24) is 5.32 Å². The summed E-state index contributed by atoms with van der Waals surface area (Å²) in [4.78, 5) is 0. The predicted molar refractivity (Wildman–Crippen MR) is 86.4 cm³/mol. The second-order valence-electron chi connectivity index (χ2n) is 4.69. The molecule has 1 unspecified atom stereocenters. The molecule has 3 heteroatoms. The van der Waals surface area contributed by atoms with E-state index in [0.717, 1.165) is 6.54 Å². The largest absolute Gasteiger partial charge is 0.306 e. The van der Waals surface area contributed by atoms with E-state index in [1.54, 1.807) is 11.3 Å². The summed E-state index contributed by atoms with van der Waals surface area (Å²) in [5.74, 6) is 0. The molecule has 0 aliphatic heterocycles. The smallest absolute Gasteiger partial charge is 0.0601 e. The van der Waals surface area contributed by atoms with Crippen LogP contribution in [0.15, 0.2) is 40.4 Å². The van der Waals surface area contributed by atoms with Crippen LogP contribution < -0.4 is 5.32 Å². The Labute approximate surface area is 121 Å². The van der Waals surface area contributed by atoms with Gasteiger partial charge in [-0.05, 0) is 57.8 Å².